The van der Waals surface area contributed by atoms with Gasteiger partial charge in [0.1, 0.15) is 5.75 Å². The average Bonchev–Trinajstić information content (AvgIpc) is 2.59. The highest BCUT2D eigenvalue weighted by Crippen LogP contribution is 2.17. The maximum Gasteiger partial charge on any atom is 0.191 e. The number of benzene rings is 2. The van der Waals surface area contributed by atoms with Crippen LogP contribution < -0.4 is 10.6 Å². The van der Waals surface area contributed by atoms with Crippen LogP contribution in [0.5, 0.6) is 5.75 Å². The minimum absolute atomic E-state index is 0. The summed E-state index contributed by atoms with van der Waals surface area (Å²) in [5.74, 6) is 1.07. The molecule has 0 saturated carbocycles. The van der Waals surface area contributed by atoms with Gasteiger partial charge in [0.25, 0.3) is 0 Å². The molecule has 2 aromatic carbocycles. The number of rotatable bonds is 6. The molecule has 0 aliphatic heterocycles. The molecule has 2 rings (SSSR count). The Morgan fingerprint density at radius 3 is 2.56 bits per heavy atom. The Hall–Kier alpha value is -1.47. The van der Waals surface area contributed by atoms with Crippen LogP contribution in [-0.4, -0.2) is 24.7 Å². The molecule has 3 N–H and O–H groups in total. The van der Waals surface area contributed by atoms with E-state index in [4.69, 9.17) is 11.6 Å². The number of phenols is 1. The molecule has 0 fully saturated rings. The highest BCUT2D eigenvalue weighted by atomic mass is 127. The lowest BCUT2D eigenvalue weighted by molar-refractivity contribution is 0.475. The van der Waals surface area contributed by atoms with Crippen molar-refractivity contribution in [3.8, 4) is 5.75 Å². The highest BCUT2D eigenvalue weighted by molar-refractivity contribution is 14.0. The van der Waals surface area contributed by atoms with Crippen molar-refractivity contribution >= 4 is 41.5 Å². The van der Waals surface area contributed by atoms with Gasteiger partial charge >= 0.3 is 0 Å². The number of nitrogens with zero attached hydrogens (tertiary/aromatic N) is 1. The van der Waals surface area contributed by atoms with E-state index in [1.165, 1.54) is 5.56 Å². The molecule has 6 heteroatoms. The lowest BCUT2D eigenvalue weighted by atomic mass is 10.1. The summed E-state index contributed by atoms with van der Waals surface area (Å²) < 4.78 is 0. The van der Waals surface area contributed by atoms with Crippen LogP contribution in [0.15, 0.2) is 53.5 Å². The van der Waals surface area contributed by atoms with E-state index in [9.17, 15) is 5.11 Å². The summed E-state index contributed by atoms with van der Waals surface area (Å²) in [5.41, 5.74) is 2.33. The van der Waals surface area contributed by atoms with Gasteiger partial charge in [0.05, 0.1) is 6.04 Å². The van der Waals surface area contributed by atoms with Gasteiger partial charge in [-0.15, -0.1) is 24.0 Å². The molecule has 0 saturated heterocycles. The van der Waals surface area contributed by atoms with E-state index in [0.29, 0.717) is 5.75 Å². The number of nitrogens with one attached hydrogen (secondary N) is 2. The first-order chi connectivity index (χ1) is 11.6. The van der Waals surface area contributed by atoms with E-state index >= 15 is 0 Å². The summed E-state index contributed by atoms with van der Waals surface area (Å²) in [6.07, 6.45) is 1.94. The molecule has 0 bridgehead atoms. The van der Waals surface area contributed by atoms with Crippen molar-refractivity contribution in [3.63, 3.8) is 0 Å². The van der Waals surface area contributed by atoms with Gasteiger partial charge in [-0.25, -0.2) is 0 Å². The lowest BCUT2D eigenvalue weighted by Gasteiger charge is -2.18. The Labute approximate surface area is 171 Å². The van der Waals surface area contributed by atoms with E-state index in [1.807, 2.05) is 36.4 Å². The van der Waals surface area contributed by atoms with Gasteiger partial charge in [0.15, 0.2) is 5.96 Å². The summed E-state index contributed by atoms with van der Waals surface area (Å²) in [6, 6.07) is 15.3. The highest BCUT2D eigenvalue weighted by Gasteiger charge is 2.07. The molecule has 0 heterocycles. The number of guanidine groups is 1. The van der Waals surface area contributed by atoms with Crippen molar-refractivity contribution in [1.82, 2.24) is 10.6 Å². The topological polar surface area (TPSA) is 56.7 Å². The third kappa shape index (κ3) is 7.52. The maximum atomic E-state index is 9.28. The number of hydrogen-bond donors (Lipinski definition) is 3. The van der Waals surface area contributed by atoms with E-state index in [1.54, 1.807) is 19.2 Å². The number of phenolic OH excluding ortho intramolecular Hbond substituents is 1. The fraction of sp³-hybridized carbons (Fsp3) is 0.316. The predicted octanol–water partition coefficient (Wildman–Crippen LogP) is 4.52. The number of aryl methyl sites for hydroxylation is 1. The number of halogens is 2. The van der Waals surface area contributed by atoms with Crippen molar-refractivity contribution in [2.75, 3.05) is 13.6 Å². The van der Waals surface area contributed by atoms with Gasteiger partial charge in [-0.3, -0.25) is 4.99 Å². The fourth-order valence-electron chi connectivity index (χ4n) is 2.42. The zero-order chi connectivity index (χ0) is 17.4. The second-order valence-electron chi connectivity index (χ2n) is 5.69. The maximum absolute atomic E-state index is 9.28. The normalized spacial score (nSPS) is 12.2. The van der Waals surface area contributed by atoms with Crippen molar-refractivity contribution < 1.29 is 5.11 Å². The smallest absolute Gasteiger partial charge is 0.191 e. The van der Waals surface area contributed by atoms with E-state index in [2.05, 4.69) is 22.5 Å². The van der Waals surface area contributed by atoms with Crippen LogP contribution in [0.4, 0.5) is 0 Å². The number of hydrogen-bond acceptors (Lipinski definition) is 2. The van der Waals surface area contributed by atoms with Crippen molar-refractivity contribution in [3.05, 3.63) is 64.7 Å². The lowest BCUT2D eigenvalue weighted by Crippen LogP contribution is -2.39. The van der Waals surface area contributed by atoms with Gasteiger partial charge in [0.2, 0.25) is 0 Å². The Morgan fingerprint density at radius 2 is 1.92 bits per heavy atom. The minimum Gasteiger partial charge on any atom is -0.508 e. The molecule has 1 unspecified atom stereocenters. The van der Waals surface area contributed by atoms with Crippen LogP contribution in [0.2, 0.25) is 5.02 Å². The molecular weight excluding hydrogens is 449 g/mol. The summed E-state index contributed by atoms with van der Waals surface area (Å²) >= 11 is 6.04. The van der Waals surface area contributed by atoms with Gasteiger partial charge < -0.3 is 15.7 Å². The first kappa shape index (κ1) is 21.6. The van der Waals surface area contributed by atoms with Crippen LogP contribution in [0, 0.1) is 0 Å². The zero-order valence-electron chi connectivity index (χ0n) is 14.5. The number of aromatic hydroxyl groups is 1. The SMILES string of the molecule is CN=C(NCCCc1ccc(O)cc1)NC(C)c1cccc(Cl)c1.I. The molecule has 0 amide bonds. The second-order valence-corrected chi connectivity index (χ2v) is 6.13. The largest absolute Gasteiger partial charge is 0.508 e. The van der Waals surface area contributed by atoms with Crippen LogP contribution >= 0.6 is 35.6 Å². The molecule has 136 valence electrons. The molecule has 0 aliphatic rings. The Kier molecular flexibility index (Phi) is 9.67. The number of aliphatic imine (C=N–C) groups is 1. The third-order valence-corrected chi connectivity index (χ3v) is 4.03. The van der Waals surface area contributed by atoms with Crippen molar-refractivity contribution in [2.45, 2.75) is 25.8 Å². The van der Waals surface area contributed by atoms with Crippen molar-refractivity contribution in [1.29, 1.82) is 0 Å². The van der Waals surface area contributed by atoms with Gasteiger partial charge in [0, 0.05) is 18.6 Å². The van der Waals surface area contributed by atoms with Crippen LogP contribution in [0.1, 0.15) is 30.5 Å². The molecule has 1 atom stereocenters. The first-order valence-electron chi connectivity index (χ1n) is 8.09. The average molecular weight is 474 g/mol. The van der Waals surface area contributed by atoms with E-state index < -0.39 is 0 Å². The van der Waals surface area contributed by atoms with Gasteiger partial charge in [-0.1, -0.05) is 35.9 Å². The fourth-order valence-corrected chi connectivity index (χ4v) is 2.62. The summed E-state index contributed by atoms with van der Waals surface area (Å²) in [7, 11) is 1.76. The predicted molar refractivity (Wildman–Crippen MR) is 116 cm³/mol. The van der Waals surface area contributed by atoms with Gasteiger partial charge in [-0.2, -0.15) is 0 Å². The molecular formula is C19H25ClIN3O. The van der Waals surface area contributed by atoms with Gasteiger partial charge in [-0.05, 0) is 55.2 Å². The third-order valence-electron chi connectivity index (χ3n) is 3.80. The zero-order valence-corrected chi connectivity index (χ0v) is 17.6. The molecule has 0 radical (unpaired) electrons. The minimum atomic E-state index is 0. The molecule has 0 aliphatic carbocycles. The summed E-state index contributed by atoms with van der Waals surface area (Å²) in [5, 5.41) is 16.7. The molecule has 2 aromatic rings. The molecule has 0 aromatic heterocycles. The van der Waals surface area contributed by atoms with Crippen molar-refractivity contribution in [2.24, 2.45) is 4.99 Å². The Balaban J connectivity index is 0.00000312. The van der Waals surface area contributed by atoms with E-state index in [-0.39, 0.29) is 30.0 Å². The second kappa shape index (κ2) is 11.2. The monoisotopic (exact) mass is 473 g/mol. The standard InChI is InChI=1S/C19H24ClN3O.HI/c1-14(16-6-3-7-17(20)13-16)23-19(21-2)22-12-4-5-15-8-10-18(24)11-9-15;/h3,6-11,13-14,24H,4-5,12H2,1-2H3,(H2,21,22,23);1H. The van der Waals surface area contributed by atoms with Crippen LogP contribution in [-0.2, 0) is 6.42 Å². The van der Waals surface area contributed by atoms with Crippen LogP contribution in [0.3, 0.4) is 0 Å². The molecule has 25 heavy (non-hydrogen) atoms. The summed E-state index contributed by atoms with van der Waals surface area (Å²) in [6.45, 7) is 2.90. The molecule has 0 spiro atoms. The summed E-state index contributed by atoms with van der Waals surface area (Å²) in [4.78, 5) is 4.26. The quantitative estimate of drug-likeness (QED) is 0.250. The van der Waals surface area contributed by atoms with E-state index in [0.717, 1.165) is 35.9 Å². The first-order valence-corrected chi connectivity index (χ1v) is 8.47. The molecule has 4 nitrogen and oxygen atoms in total. The Bertz CT molecular complexity index is 677. The van der Waals surface area contributed by atoms with Crippen LogP contribution in [0.25, 0.3) is 0 Å². The Morgan fingerprint density at radius 1 is 1.20 bits per heavy atom.